The zero-order chi connectivity index (χ0) is 67.5. The van der Waals surface area contributed by atoms with Crippen molar-refractivity contribution in [1.82, 2.24) is 78.5 Å². The number of carbonyl (C=O) groups is 12. The van der Waals surface area contributed by atoms with E-state index in [1.54, 1.807) is 65.9 Å². The minimum absolute atomic E-state index is 0.00273. The number of carboxylic acids is 1. The number of carboxylic acid groups (broad SMARTS) is 1. The summed E-state index contributed by atoms with van der Waals surface area (Å²) in [6.45, 7) is 5.77. The molecule has 0 saturated heterocycles. The number of carbonyl (C=O) groups excluding carboxylic acids is 11. The van der Waals surface area contributed by atoms with Crippen LogP contribution in [0.2, 0.25) is 0 Å². The predicted octanol–water partition coefficient (Wildman–Crippen LogP) is 0.765. The van der Waals surface area contributed by atoms with Gasteiger partial charge in [0.05, 0.1) is 17.1 Å². The molecule has 7 rings (SSSR count). The van der Waals surface area contributed by atoms with Crippen molar-refractivity contribution in [3.63, 3.8) is 0 Å². The molecule has 0 radical (unpaired) electrons. The molecule has 0 saturated carbocycles. The highest BCUT2D eigenvalue weighted by molar-refractivity contribution is 6.06. The zero-order valence-corrected chi connectivity index (χ0v) is 51.9. The third-order valence-electron chi connectivity index (χ3n) is 13.3. The highest BCUT2D eigenvalue weighted by atomic mass is 16.6. The molecule has 7 heterocycles. The number of anilines is 6. The van der Waals surface area contributed by atoms with Gasteiger partial charge in [-0.3, -0.25) is 52.7 Å². The quantitative estimate of drug-likeness (QED) is 0.0356. The highest BCUT2D eigenvalue weighted by Crippen LogP contribution is 2.20. The van der Waals surface area contributed by atoms with E-state index in [9.17, 15) is 57.5 Å². The van der Waals surface area contributed by atoms with Crippen LogP contribution in [0.5, 0.6) is 0 Å². The van der Waals surface area contributed by atoms with E-state index in [2.05, 4.69) is 78.4 Å². The van der Waals surface area contributed by atoms with Crippen LogP contribution in [0.1, 0.15) is 121 Å². The second-order valence-corrected chi connectivity index (χ2v) is 22.0. The van der Waals surface area contributed by atoms with Gasteiger partial charge in [-0.1, -0.05) is 0 Å². The molecule has 36 nitrogen and oxygen atoms in total. The number of hydrogen-bond donors (Lipinski definition) is 12. The lowest BCUT2D eigenvalue weighted by Gasteiger charge is -2.23. The number of amides is 11. The lowest BCUT2D eigenvalue weighted by molar-refractivity contribution is -0.138. The van der Waals surface area contributed by atoms with Crippen molar-refractivity contribution >= 4 is 106 Å². The topological polar surface area (TPSA) is 453 Å². The molecular weight excluding hydrogens is 1200 g/mol. The fraction of sp³-hybridized carbons (Fsp3) is 0.357. The molecule has 7 aromatic heterocycles. The fourth-order valence-electron chi connectivity index (χ4n) is 8.78. The Balaban J connectivity index is 0.857. The second-order valence-electron chi connectivity index (χ2n) is 22.0. The average molecular weight is 1280 g/mol. The van der Waals surface area contributed by atoms with Crippen LogP contribution in [-0.2, 0) is 73.2 Å². The monoisotopic (exact) mass is 1270 g/mol. The van der Waals surface area contributed by atoms with Crippen LogP contribution in [0.15, 0.2) is 67.8 Å². The van der Waals surface area contributed by atoms with Crippen molar-refractivity contribution in [1.29, 1.82) is 0 Å². The summed E-state index contributed by atoms with van der Waals surface area (Å²) in [5.74, 6) is -7.71. The first-order valence-corrected chi connectivity index (χ1v) is 28.1. The van der Waals surface area contributed by atoms with Crippen LogP contribution in [0.25, 0.3) is 0 Å². The number of nitrogens with one attached hydrogen (secondary N) is 11. The first-order valence-electron chi connectivity index (χ1n) is 28.1. The van der Waals surface area contributed by atoms with Crippen molar-refractivity contribution in [2.75, 3.05) is 51.5 Å². The number of imidazole rings is 4. The van der Waals surface area contributed by atoms with E-state index < -0.39 is 88.8 Å². The summed E-state index contributed by atoms with van der Waals surface area (Å²) in [5.41, 5.74) is 0.284. The van der Waals surface area contributed by atoms with Gasteiger partial charge in [-0.05, 0) is 52.3 Å². The summed E-state index contributed by atoms with van der Waals surface area (Å²) in [6, 6.07) is 1.75. The number of aliphatic carboxylic acids is 1. The number of alkyl carbamates (subject to hydrolysis) is 1. The van der Waals surface area contributed by atoms with E-state index in [0.29, 0.717) is 5.69 Å². The first kappa shape index (κ1) is 67.6. The Hall–Kier alpha value is -11.9. The van der Waals surface area contributed by atoms with E-state index in [1.165, 1.54) is 111 Å². The largest absolute Gasteiger partial charge is 0.480 e. The van der Waals surface area contributed by atoms with Crippen molar-refractivity contribution in [2.45, 2.75) is 64.6 Å². The SMILES string of the molecule is CC(NC(=O)c1nc(NC(=O)c2cc(NC(=O)CCNC(=O)c3nc(NC(=O)[C@@H](CCNC(=O)c4cc(NC(=O)c5nc(NC(=O)CCNC(=O)c6cc(NC(=O)c7nccn7C)cn6C)cn5C)cn4C)NC(=O)OC(C)(C)C)cn3C)cn2C)cn1C)C(=O)O. The number of ether oxygens (including phenoxy) is 1. The molecule has 2 atom stereocenters. The van der Waals surface area contributed by atoms with Crippen LogP contribution >= 0.6 is 0 Å². The Bertz CT molecular complexity index is 4010. The highest BCUT2D eigenvalue weighted by Gasteiger charge is 2.28. The summed E-state index contributed by atoms with van der Waals surface area (Å²) >= 11 is 0. The van der Waals surface area contributed by atoms with Gasteiger partial charge in [0.15, 0.2) is 23.3 Å². The molecule has 0 aliphatic heterocycles. The van der Waals surface area contributed by atoms with E-state index in [4.69, 9.17) is 9.84 Å². The molecule has 92 heavy (non-hydrogen) atoms. The molecule has 488 valence electrons. The van der Waals surface area contributed by atoms with E-state index in [-0.39, 0.29) is 108 Å². The number of nitrogens with zero attached hydrogens (tertiary/aromatic N) is 11. The predicted molar refractivity (Wildman–Crippen MR) is 327 cm³/mol. The maximum absolute atomic E-state index is 13.8. The Morgan fingerprint density at radius 1 is 0.478 bits per heavy atom. The smallest absolute Gasteiger partial charge is 0.408 e. The molecular formula is C56H70N22O14. The molecule has 0 aromatic carbocycles. The molecule has 7 aromatic rings. The Kier molecular flexibility index (Phi) is 21.3. The third-order valence-corrected chi connectivity index (χ3v) is 13.3. The molecule has 0 fully saturated rings. The number of rotatable bonds is 26. The third kappa shape index (κ3) is 17.9. The number of aryl methyl sites for hydroxylation is 7. The Labute approximate surface area is 523 Å². The Morgan fingerprint density at radius 3 is 1.41 bits per heavy atom. The summed E-state index contributed by atoms with van der Waals surface area (Å²) < 4.78 is 15.3. The van der Waals surface area contributed by atoms with Crippen molar-refractivity contribution in [3.8, 4) is 0 Å². The van der Waals surface area contributed by atoms with Crippen molar-refractivity contribution < 1.29 is 67.4 Å². The normalized spacial score (nSPS) is 11.7. The van der Waals surface area contributed by atoms with Crippen molar-refractivity contribution in [3.05, 3.63) is 108 Å². The molecule has 0 aliphatic rings. The minimum Gasteiger partial charge on any atom is -0.480 e. The summed E-state index contributed by atoms with van der Waals surface area (Å²) in [4.78, 5) is 171. The minimum atomic E-state index is -1.32. The molecule has 0 spiro atoms. The van der Waals surface area contributed by atoms with Crippen LogP contribution < -0.4 is 58.5 Å². The molecule has 0 aliphatic carbocycles. The summed E-state index contributed by atoms with van der Waals surface area (Å²) in [5, 5.41) is 37.6. The van der Waals surface area contributed by atoms with Crippen LogP contribution in [0.4, 0.5) is 39.3 Å². The lowest BCUT2D eigenvalue weighted by Crippen LogP contribution is -2.47. The fourth-order valence-corrected chi connectivity index (χ4v) is 8.78. The van der Waals surface area contributed by atoms with Gasteiger partial charge in [0.1, 0.15) is 34.8 Å². The van der Waals surface area contributed by atoms with Crippen LogP contribution in [0.3, 0.4) is 0 Å². The maximum Gasteiger partial charge on any atom is 0.408 e. The van der Waals surface area contributed by atoms with Gasteiger partial charge < -0.3 is 100 Å². The van der Waals surface area contributed by atoms with Gasteiger partial charge in [0, 0.05) is 131 Å². The number of hydrogen-bond acceptors (Lipinski definition) is 17. The molecule has 0 bridgehead atoms. The molecule has 12 N–H and O–H groups in total. The van der Waals surface area contributed by atoms with Crippen LogP contribution in [0, 0.1) is 0 Å². The number of aromatic nitrogens is 11. The van der Waals surface area contributed by atoms with Gasteiger partial charge >= 0.3 is 12.1 Å². The summed E-state index contributed by atoms with van der Waals surface area (Å²) in [6.07, 6.45) is 10.2. The first-order chi connectivity index (χ1) is 43.3. The van der Waals surface area contributed by atoms with Crippen molar-refractivity contribution in [2.24, 2.45) is 49.3 Å². The van der Waals surface area contributed by atoms with Gasteiger partial charge in [-0.2, -0.15) is 0 Å². The van der Waals surface area contributed by atoms with Crippen LogP contribution in [-0.4, -0.2) is 165 Å². The molecule has 1 unspecified atom stereocenters. The Morgan fingerprint density at radius 2 is 0.913 bits per heavy atom. The second kappa shape index (κ2) is 29.0. The van der Waals surface area contributed by atoms with Gasteiger partial charge in [-0.25, -0.2) is 24.7 Å². The van der Waals surface area contributed by atoms with E-state index in [0.717, 1.165) is 0 Å². The maximum atomic E-state index is 13.8. The average Bonchev–Trinajstić information content (AvgIpc) is 1.82. The standard InChI is InChI=1S/C56H70N22O14/c1-29(54(89)90)61-52(87)44-69-39(28-78(44)11)71-49(84)36-20-30(23-75(36)8)62-40(79)13-17-60-50(85)43-68-38(27-76(43)9)70-46(81)33(65-55(91)92-56(2,3)4)12-15-58-47(82)34-22-32(25-74(34)7)64-53(88)45-67-37(26-77(45)10)66-41(80)14-16-59-48(83)35-21-31(24-73(35)6)63-51(86)42-57-18-19-72(42)5/h18-29,33H,12-17H2,1-11H3,(H,58,82)(H,59,83)(H,60,85)(H,61,87)(H,62,79)(H,63,86)(H,64,88)(H,65,91)(H,66,80)(H,70,81)(H,71,84)(H,89,90)/t29?,33-/m1/s1. The van der Waals surface area contributed by atoms with Gasteiger partial charge in [-0.15, -0.1) is 0 Å². The molecule has 11 amide bonds. The van der Waals surface area contributed by atoms with Gasteiger partial charge in [0.2, 0.25) is 35.2 Å². The zero-order valence-electron chi connectivity index (χ0n) is 51.9. The van der Waals surface area contributed by atoms with E-state index in [1.807, 2.05) is 0 Å². The molecule has 36 heteroatoms. The summed E-state index contributed by atoms with van der Waals surface area (Å²) in [7, 11) is 10.9. The van der Waals surface area contributed by atoms with E-state index >= 15 is 0 Å². The van der Waals surface area contributed by atoms with Gasteiger partial charge in [0.25, 0.3) is 41.4 Å². The lowest BCUT2D eigenvalue weighted by atomic mass is 10.2.